The Kier molecular flexibility index (Phi) is 3.56. The molecule has 0 unspecified atom stereocenters. The minimum absolute atomic E-state index is 0.0596. The summed E-state index contributed by atoms with van der Waals surface area (Å²) in [4.78, 5) is 14.8. The number of benzene rings is 1. The van der Waals surface area contributed by atoms with Gasteiger partial charge in [0.2, 0.25) is 5.43 Å². The van der Waals surface area contributed by atoms with Gasteiger partial charge in [0.15, 0.2) is 11.4 Å². The molecule has 0 amide bonds. The van der Waals surface area contributed by atoms with Crippen LogP contribution < -0.4 is 5.43 Å². The zero-order valence-corrected chi connectivity index (χ0v) is 12.6. The van der Waals surface area contributed by atoms with E-state index in [-0.39, 0.29) is 21.9 Å². The lowest BCUT2D eigenvalue weighted by molar-refractivity contribution is -0.140. The van der Waals surface area contributed by atoms with E-state index in [2.05, 4.69) is 10.1 Å². The van der Waals surface area contributed by atoms with Crippen LogP contribution in [0.2, 0.25) is 5.02 Å². The molecule has 0 aliphatic heterocycles. The molecule has 2 heterocycles. The molecule has 1 aromatic carbocycles. The van der Waals surface area contributed by atoms with Gasteiger partial charge in [-0.15, -0.1) is 0 Å². The lowest BCUT2D eigenvalue weighted by Crippen LogP contribution is -2.12. The molecule has 0 atom stereocenters. The second kappa shape index (κ2) is 5.23. The molecule has 0 aliphatic rings. The Bertz CT molecular complexity index is 1020. The Hall–Kier alpha value is -2.55. The lowest BCUT2D eigenvalue weighted by atomic mass is 10.1. The number of fused-ring (bicyclic) bond motifs is 1. The molecule has 126 valence electrons. The number of H-pyrrole nitrogens is 1. The smallest absolute Gasteiger partial charge is 0.435 e. The first-order valence-corrected chi connectivity index (χ1v) is 6.83. The molecule has 24 heavy (non-hydrogen) atoms. The fourth-order valence-corrected chi connectivity index (χ4v) is 2.64. The first-order chi connectivity index (χ1) is 11.1. The molecule has 0 spiro atoms. The van der Waals surface area contributed by atoms with Crippen molar-refractivity contribution in [2.24, 2.45) is 7.05 Å². The van der Waals surface area contributed by atoms with Crippen LogP contribution in [0, 0.1) is 5.82 Å². The van der Waals surface area contributed by atoms with Crippen molar-refractivity contribution in [3.05, 3.63) is 45.0 Å². The summed E-state index contributed by atoms with van der Waals surface area (Å²) in [7, 11) is 1.21. The number of alkyl halides is 3. The van der Waals surface area contributed by atoms with Crippen LogP contribution in [-0.4, -0.2) is 19.9 Å². The zero-order valence-electron chi connectivity index (χ0n) is 11.9. The van der Waals surface area contributed by atoms with Crippen molar-refractivity contribution in [2.45, 2.75) is 6.18 Å². The Labute approximate surface area is 136 Å². The van der Waals surface area contributed by atoms with Crippen LogP contribution in [-0.2, 0) is 13.2 Å². The number of aromatic amines is 1. The third kappa shape index (κ3) is 2.41. The molecule has 5 nitrogen and oxygen atoms in total. The molecule has 0 saturated heterocycles. The van der Waals surface area contributed by atoms with E-state index in [9.17, 15) is 27.5 Å². The van der Waals surface area contributed by atoms with Gasteiger partial charge in [0.25, 0.3) is 0 Å². The van der Waals surface area contributed by atoms with Crippen molar-refractivity contribution < 1.29 is 22.7 Å². The van der Waals surface area contributed by atoms with Crippen LogP contribution in [0.25, 0.3) is 22.3 Å². The molecule has 3 rings (SSSR count). The minimum Gasteiger partial charge on any atom is -0.503 e. The average molecular weight is 362 g/mol. The SMILES string of the molecule is Cn1nc(C(F)(F)F)c2c(=O)c(O)c(-c3ccc(F)cc3Cl)[nH]c21. The normalized spacial score (nSPS) is 12.1. The molecule has 0 fully saturated rings. The molecule has 0 saturated carbocycles. The van der Waals surface area contributed by atoms with Gasteiger partial charge in [-0.3, -0.25) is 9.48 Å². The predicted molar refractivity (Wildman–Crippen MR) is 78.4 cm³/mol. The number of hydrogen-bond donors (Lipinski definition) is 2. The summed E-state index contributed by atoms with van der Waals surface area (Å²) in [6.45, 7) is 0. The molecule has 2 N–H and O–H groups in total. The lowest BCUT2D eigenvalue weighted by Gasteiger charge is -2.08. The summed E-state index contributed by atoms with van der Waals surface area (Å²) in [6, 6.07) is 3.17. The summed E-state index contributed by atoms with van der Waals surface area (Å²) in [5.41, 5.74) is -3.08. The highest BCUT2D eigenvalue weighted by Crippen LogP contribution is 2.36. The summed E-state index contributed by atoms with van der Waals surface area (Å²) >= 11 is 5.88. The van der Waals surface area contributed by atoms with E-state index >= 15 is 0 Å². The number of halogens is 5. The van der Waals surface area contributed by atoms with Gasteiger partial charge in [-0.05, 0) is 18.2 Å². The fourth-order valence-electron chi connectivity index (χ4n) is 2.38. The van der Waals surface area contributed by atoms with Crippen molar-refractivity contribution in [1.29, 1.82) is 0 Å². The molecular weight excluding hydrogens is 354 g/mol. The van der Waals surface area contributed by atoms with Gasteiger partial charge in [0, 0.05) is 12.6 Å². The molecule has 0 bridgehead atoms. The standard InChI is InChI=1S/C14H8ClF4N3O2/c1-22-13-8(12(21-22)14(17,18)19)10(23)11(24)9(20-13)6-3-2-5(16)4-7(6)15/h2-4,24H,1H3,(H,20,23). The summed E-state index contributed by atoms with van der Waals surface area (Å²) in [5, 5.41) is 12.4. The average Bonchev–Trinajstić information content (AvgIpc) is 2.81. The van der Waals surface area contributed by atoms with Crippen molar-refractivity contribution in [3.8, 4) is 17.0 Å². The Morgan fingerprint density at radius 2 is 2.00 bits per heavy atom. The largest absolute Gasteiger partial charge is 0.503 e. The zero-order chi connectivity index (χ0) is 17.8. The fraction of sp³-hybridized carbons (Fsp3) is 0.143. The van der Waals surface area contributed by atoms with E-state index in [0.717, 1.165) is 16.8 Å². The Morgan fingerprint density at radius 1 is 1.33 bits per heavy atom. The van der Waals surface area contributed by atoms with Crippen LogP contribution in [0.1, 0.15) is 5.69 Å². The molecular formula is C14H8ClF4N3O2. The number of rotatable bonds is 1. The van der Waals surface area contributed by atoms with Gasteiger partial charge < -0.3 is 10.1 Å². The molecule has 0 radical (unpaired) electrons. The molecule has 2 aromatic heterocycles. The number of aryl methyl sites for hydroxylation is 1. The second-order valence-electron chi connectivity index (χ2n) is 5.00. The molecule has 0 aliphatic carbocycles. The molecule has 10 heteroatoms. The third-order valence-electron chi connectivity index (χ3n) is 3.44. The number of hydrogen-bond acceptors (Lipinski definition) is 3. The van der Waals surface area contributed by atoms with Crippen molar-refractivity contribution >= 4 is 22.6 Å². The summed E-state index contributed by atoms with van der Waals surface area (Å²) in [5.74, 6) is -1.61. The quantitative estimate of drug-likeness (QED) is 0.652. The first-order valence-electron chi connectivity index (χ1n) is 6.46. The van der Waals surface area contributed by atoms with E-state index in [4.69, 9.17) is 11.6 Å². The number of nitrogens with one attached hydrogen (secondary N) is 1. The van der Waals surface area contributed by atoms with Gasteiger partial charge in [-0.2, -0.15) is 18.3 Å². The van der Waals surface area contributed by atoms with E-state index in [0.29, 0.717) is 0 Å². The maximum Gasteiger partial charge on any atom is 0.435 e. The third-order valence-corrected chi connectivity index (χ3v) is 3.75. The van der Waals surface area contributed by atoms with E-state index in [1.807, 2.05) is 0 Å². The van der Waals surface area contributed by atoms with Crippen molar-refractivity contribution in [1.82, 2.24) is 14.8 Å². The number of pyridine rings is 1. The van der Waals surface area contributed by atoms with Gasteiger partial charge in [-0.25, -0.2) is 4.39 Å². The maximum atomic E-state index is 13.1. The summed E-state index contributed by atoms with van der Waals surface area (Å²) in [6.07, 6.45) is -4.87. The highest BCUT2D eigenvalue weighted by atomic mass is 35.5. The van der Waals surface area contributed by atoms with Gasteiger partial charge in [0.1, 0.15) is 16.9 Å². The highest BCUT2D eigenvalue weighted by Gasteiger charge is 2.38. The maximum absolute atomic E-state index is 13.1. The van der Waals surface area contributed by atoms with Crippen LogP contribution in [0.3, 0.4) is 0 Å². The van der Waals surface area contributed by atoms with Crippen LogP contribution in [0.5, 0.6) is 5.75 Å². The Balaban J connectivity index is 2.40. The van der Waals surface area contributed by atoms with E-state index in [1.54, 1.807) is 0 Å². The molecule has 3 aromatic rings. The van der Waals surface area contributed by atoms with Gasteiger partial charge in [0.05, 0.1) is 10.7 Å². The second-order valence-corrected chi connectivity index (χ2v) is 5.40. The predicted octanol–water partition coefficient (Wildman–Crippen LogP) is 3.45. The van der Waals surface area contributed by atoms with Crippen LogP contribution in [0.4, 0.5) is 17.6 Å². The first kappa shape index (κ1) is 16.3. The topological polar surface area (TPSA) is 70.9 Å². The van der Waals surface area contributed by atoms with Gasteiger partial charge in [-0.1, -0.05) is 11.6 Å². The van der Waals surface area contributed by atoms with Gasteiger partial charge >= 0.3 is 6.18 Å². The highest BCUT2D eigenvalue weighted by molar-refractivity contribution is 6.33. The van der Waals surface area contributed by atoms with Crippen molar-refractivity contribution in [2.75, 3.05) is 0 Å². The summed E-state index contributed by atoms with van der Waals surface area (Å²) < 4.78 is 53.0. The number of aromatic nitrogens is 3. The van der Waals surface area contributed by atoms with E-state index < -0.39 is 34.3 Å². The van der Waals surface area contributed by atoms with Crippen molar-refractivity contribution in [3.63, 3.8) is 0 Å². The van der Waals surface area contributed by atoms with E-state index in [1.165, 1.54) is 13.1 Å². The number of nitrogens with zero attached hydrogens (tertiary/aromatic N) is 2. The van der Waals surface area contributed by atoms with Crippen LogP contribution in [0.15, 0.2) is 23.0 Å². The van der Waals surface area contributed by atoms with Crippen LogP contribution >= 0.6 is 11.6 Å². The monoisotopic (exact) mass is 361 g/mol. The minimum atomic E-state index is -4.87. The number of aromatic hydroxyl groups is 1. The Morgan fingerprint density at radius 3 is 2.58 bits per heavy atom.